The second-order valence-corrected chi connectivity index (χ2v) is 5.33. The summed E-state index contributed by atoms with van der Waals surface area (Å²) in [6.07, 6.45) is 0. The summed E-state index contributed by atoms with van der Waals surface area (Å²) in [7, 11) is 1.39. The molecule has 0 aliphatic rings. The van der Waals surface area contributed by atoms with Gasteiger partial charge in [0.05, 0.1) is 13.7 Å². The van der Waals surface area contributed by atoms with Gasteiger partial charge in [0.2, 0.25) is 0 Å². The van der Waals surface area contributed by atoms with E-state index in [9.17, 15) is 4.79 Å². The molecule has 0 unspecified atom stereocenters. The Kier molecular flexibility index (Phi) is 3.19. The Labute approximate surface area is 119 Å². The molecule has 1 aromatic carbocycles. The molecular formula is C13H12N4O2S. The van der Waals surface area contributed by atoms with E-state index in [2.05, 4.69) is 15.5 Å². The first-order valence-electron chi connectivity index (χ1n) is 6.02. The summed E-state index contributed by atoms with van der Waals surface area (Å²) in [5.74, 6) is 0.378. The molecule has 3 aromatic rings. The minimum absolute atomic E-state index is 0.327. The summed E-state index contributed by atoms with van der Waals surface area (Å²) in [6, 6.07) is 7.88. The average Bonchev–Trinajstić information content (AvgIpc) is 3.03. The molecule has 0 bridgehead atoms. The van der Waals surface area contributed by atoms with E-state index >= 15 is 0 Å². The van der Waals surface area contributed by atoms with Crippen molar-refractivity contribution < 1.29 is 9.53 Å². The van der Waals surface area contributed by atoms with Gasteiger partial charge >= 0.3 is 5.97 Å². The molecule has 0 radical (unpaired) electrons. The number of benzene rings is 1. The van der Waals surface area contributed by atoms with Crippen molar-refractivity contribution in [3.05, 3.63) is 40.5 Å². The molecule has 2 aromatic heterocycles. The molecule has 0 saturated heterocycles. The van der Waals surface area contributed by atoms with Crippen LogP contribution in [-0.2, 0) is 11.3 Å². The minimum atomic E-state index is -0.327. The van der Waals surface area contributed by atoms with Gasteiger partial charge in [0.25, 0.3) is 0 Å². The fraction of sp³-hybridized carbons (Fsp3) is 0.231. The number of nitrogens with zero attached hydrogens (tertiary/aromatic N) is 4. The Morgan fingerprint density at radius 2 is 2.20 bits per heavy atom. The monoisotopic (exact) mass is 288 g/mol. The van der Waals surface area contributed by atoms with Gasteiger partial charge in [0, 0.05) is 10.3 Å². The maximum Gasteiger partial charge on any atom is 0.348 e. The van der Waals surface area contributed by atoms with E-state index in [0.29, 0.717) is 17.2 Å². The van der Waals surface area contributed by atoms with Crippen molar-refractivity contribution in [1.82, 2.24) is 20.2 Å². The summed E-state index contributed by atoms with van der Waals surface area (Å²) in [6.45, 7) is 2.28. The maximum atomic E-state index is 11.9. The van der Waals surface area contributed by atoms with Crippen LogP contribution in [0.25, 0.3) is 10.1 Å². The molecule has 0 amide bonds. The Balaban J connectivity index is 2.16. The van der Waals surface area contributed by atoms with Gasteiger partial charge in [-0.3, -0.25) is 0 Å². The first-order chi connectivity index (χ1) is 9.70. The number of thiophene rings is 1. The summed E-state index contributed by atoms with van der Waals surface area (Å²) in [5.41, 5.74) is 0.896. The molecule has 20 heavy (non-hydrogen) atoms. The van der Waals surface area contributed by atoms with E-state index in [4.69, 9.17) is 4.74 Å². The van der Waals surface area contributed by atoms with Gasteiger partial charge in [0.15, 0.2) is 0 Å². The molecule has 0 aliphatic heterocycles. The Hall–Kier alpha value is -2.28. The van der Waals surface area contributed by atoms with Crippen LogP contribution in [0.15, 0.2) is 24.3 Å². The number of carbonyl (C=O) groups excluding carboxylic acids is 1. The summed E-state index contributed by atoms with van der Waals surface area (Å²) in [4.78, 5) is 12.5. The number of rotatable bonds is 3. The molecule has 3 rings (SSSR count). The normalized spacial score (nSPS) is 10.9. The predicted octanol–water partition coefficient (Wildman–Crippen LogP) is 2.03. The topological polar surface area (TPSA) is 69.9 Å². The van der Waals surface area contributed by atoms with Crippen LogP contribution in [0.2, 0.25) is 0 Å². The van der Waals surface area contributed by atoms with Gasteiger partial charge in [-0.25, -0.2) is 9.48 Å². The van der Waals surface area contributed by atoms with Crippen LogP contribution in [0.1, 0.15) is 21.1 Å². The lowest BCUT2D eigenvalue weighted by Gasteiger charge is -2.04. The molecule has 0 aliphatic carbocycles. The molecule has 6 nitrogen and oxygen atoms in total. The van der Waals surface area contributed by atoms with E-state index < -0.39 is 0 Å². The second kappa shape index (κ2) is 5.01. The number of tetrazole rings is 1. The van der Waals surface area contributed by atoms with E-state index in [1.165, 1.54) is 18.4 Å². The van der Waals surface area contributed by atoms with Crippen LogP contribution >= 0.6 is 11.3 Å². The fourth-order valence-electron chi connectivity index (χ4n) is 2.06. The summed E-state index contributed by atoms with van der Waals surface area (Å²) < 4.78 is 7.58. The van der Waals surface area contributed by atoms with Crippen molar-refractivity contribution in [2.24, 2.45) is 0 Å². The number of hydrogen-bond donors (Lipinski definition) is 0. The van der Waals surface area contributed by atoms with Gasteiger partial charge in [0.1, 0.15) is 10.7 Å². The number of methoxy groups -OCH3 is 1. The zero-order chi connectivity index (χ0) is 14.1. The lowest BCUT2D eigenvalue weighted by molar-refractivity contribution is 0.0605. The van der Waals surface area contributed by atoms with Crippen LogP contribution in [0.4, 0.5) is 0 Å². The highest BCUT2D eigenvalue weighted by Gasteiger charge is 2.19. The molecule has 0 fully saturated rings. The third-order valence-electron chi connectivity index (χ3n) is 3.09. The molecule has 0 N–H and O–H groups in total. The van der Waals surface area contributed by atoms with E-state index in [1.54, 1.807) is 4.68 Å². The van der Waals surface area contributed by atoms with Gasteiger partial charge in [-0.1, -0.05) is 18.2 Å². The van der Waals surface area contributed by atoms with Crippen molar-refractivity contribution in [3.8, 4) is 0 Å². The molecule has 0 atom stereocenters. The van der Waals surface area contributed by atoms with Crippen molar-refractivity contribution in [2.45, 2.75) is 13.5 Å². The SMILES string of the molecule is COC(=O)c1sc2ccccc2c1Cn1nnnc1C. The van der Waals surface area contributed by atoms with Crippen molar-refractivity contribution in [1.29, 1.82) is 0 Å². The standard InChI is InChI=1S/C13H12N4O2S/c1-8-14-15-16-17(8)7-10-9-5-3-4-6-11(9)20-12(10)13(18)19-2/h3-6H,7H2,1-2H3. The Bertz CT molecular complexity index is 778. The first-order valence-corrected chi connectivity index (χ1v) is 6.84. The predicted molar refractivity (Wildman–Crippen MR) is 74.8 cm³/mol. The van der Waals surface area contributed by atoms with Crippen LogP contribution in [0.5, 0.6) is 0 Å². The highest BCUT2D eigenvalue weighted by atomic mass is 32.1. The second-order valence-electron chi connectivity index (χ2n) is 4.28. The third-order valence-corrected chi connectivity index (χ3v) is 4.28. The molecule has 2 heterocycles. The highest BCUT2D eigenvalue weighted by Crippen LogP contribution is 2.32. The van der Waals surface area contributed by atoms with Gasteiger partial charge in [-0.05, 0) is 28.8 Å². The number of fused-ring (bicyclic) bond motifs is 1. The van der Waals surface area contributed by atoms with E-state index in [-0.39, 0.29) is 5.97 Å². The van der Waals surface area contributed by atoms with Crippen molar-refractivity contribution in [2.75, 3.05) is 7.11 Å². The van der Waals surface area contributed by atoms with Crippen LogP contribution in [0, 0.1) is 6.92 Å². The lowest BCUT2D eigenvalue weighted by atomic mass is 10.1. The van der Waals surface area contributed by atoms with Crippen molar-refractivity contribution in [3.63, 3.8) is 0 Å². The summed E-state index contributed by atoms with van der Waals surface area (Å²) in [5, 5.41) is 12.5. The number of esters is 1. The van der Waals surface area contributed by atoms with Crippen LogP contribution in [-0.4, -0.2) is 33.3 Å². The third kappa shape index (κ3) is 2.05. The number of carbonyl (C=O) groups is 1. The van der Waals surface area contributed by atoms with Crippen molar-refractivity contribution >= 4 is 27.4 Å². The van der Waals surface area contributed by atoms with Crippen LogP contribution in [0.3, 0.4) is 0 Å². The molecule has 0 spiro atoms. The molecule has 7 heteroatoms. The van der Waals surface area contributed by atoms with Crippen LogP contribution < -0.4 is 0 Å². The highest BCUT2D eigenvalue weighted by molar-refractivity contribution is 7.21. The fourth-order valence-corrected chi connectivity index (χ4v) is 3.19. The van der Waals surface area contributed by atoms with E-state index in [1.807, 2.05) is 31.2 Å². The smallest absolute Gasteiger partial charge is 0.348 e. The number of aromatic nitrogens is 4. The lowest BCUT2D eigenvalue weighted by Crippen LogP contribution is -2.08. The van der Waals surface area contributed by atoms with E-state index in [0.717, 1.165) is 15.6 Å². The first kappa shape index (κ1) is 12.7. The number of aryl methyl sites for hydroxylation is 1. The number of ether oxygens (including phenoxy) is 1. The zero-order valence-electron chi connectivity index (χ0n) is 11.0. The van der Waals surface area contributed by atoms with Gasteiger partial charge in [-0.15, -0.1) is 16.4 Å². The Morgan fingerprint density at radius 1 is 1.40 bits per heavy atom. The average molecular weight is 288 g/mol. The molecular weight excluding hydrogens is 276 g/mol. The zero-order valence-corrected chi connectivity index (χ0v) is 11.8. The largest absolute Gasteiger partial charge is 0.465 e. The molecule has 0 saturated carbocycles. The maximum absolute atomic E-state index is 11.9. The minimum Gasteiger partial charge on any atom is -0.465 e. The molecule has 102 valence electrons. The van der Waals surface area contributed by atoms with Gasteiger partial charge in [-0.2, -0.15) is 0 Å². The quantitative estimate of drug-likeness (QED) is 0.690. The van der Waals surface area contributed by atoms with Gasteiger partial charge < -0.3 is 4.74 Å². The number of hydrogen-bond acceptors (Lipinski definition) is 6. The Morgan fingerprint density at radius 3 is 2.90 bits per heavy atom. The summed E-state index contributed by atoms with van der Waals surface area (Å²) >= 11 is 1.43.